The van der Waals surface area contributed by atoms with Gasteiger partial charge in [-0.3, -0.25) is 0 Å². The van der Waals surface area contributed by atoms with Crippen LogP contribution in [0.2, 0.25) is 10.0 Å². The monoisotopic (exact) mass is 467 g/mol. The summed E-state index contributed by atoms with van der Waals surface area (Å²) in [5.74, 6) is -1.10. The van der Waals surface area contributed by atoms with E-state index in [-0.39, 0.29) is 22.9 Å². The van der Waals surface area contributed by atoms with Crippen LogP contribution in [0.1, 0.15) is 16.1 Å². The smallest absolute Gasteiger partial charge is 0.354 e. The lowest BCUT2D eigenvalue weighted by molar-refractivity contribution is 0.0690. The van der Waals surface area contributed by atoms with E-state index in [4.69, 9.17) is 27.9 Å². The van der Waals surface area contributed by atoms with Gasteiger partial charge in [0.05, 0.1) is 10.7 Å². The molecule has 160 valence electrons. The maximum Gasteiger partial charge on any atom is 0.354 e. The third-order valence-electron chi connectivity index (χ3n) is 4.84. The Labute approximate surface area is 193 Å². The van der Waals surface area contributed by atoms with Crippen molar-refractivity contribution < 1.29 is 19.0 Å². The second-order valence-corrected chi connectivity index (χ2v) is 7.73. The molecule has 0 unspecified atom stereocenters. The number of halogens is 3. The van der Waals surface area contributed by atoms with Crippen LogP contribution in [0.25, 0.3) is 22.4 Å². The molecule has 7 heteroatoms. The first kappa shape index (κ1) is 21.8. The molecule has 0 spiro atoms. The molecule has 0 aliphatic carbocycles. The van der Waals surface area contributed by atoms with Gasteiger partial charge in [0.15, 0.2) is 0 Å². The van der Waals surface area contributed by atoms with Gasteiger partial charge in [-0.15, -0.1) is 0 Å². The van der Waals surface area contributed by atoms with E-state index in [2.05, 4.69) is 4.98 Å². The van der Waals surface area contributed by atoms with Crippen molar-refractivity contribution in [1.29, 1.82) is 0 Å². The lowest BCUT2D eigenvalue weighted by Crippen LogP contribution is -2.02. The quantitative estimate of drug-likeness (QED) is 0.327. The fourth-order valence-corrected chi connectivity index (χ4v) is 3.69. The van der Waals surface area contributed by atoms with Gasteiger partial charge in [-0.25, -0.2) is 14.2 Å². The number of hydrogen-bond acceptors (Lipinski definition) is 3. The molecule has 3 aromatic carbocycles. The van der Waals surface area contributed by atoms with Crippen LogP contribution in [-0.4, -0.2) is 16.1 Å². The first-order chi connectivity index (χ1) is 15.4. The summed E-state index contributed by atoms with van der Waals surface area (Å²) in [6, 6.07) is 21.7. The van der Waals surface area contributed by atoms with Crippen LogP contribution in [0.5, 0.6) is 5.75 Å². The van der Waals surface area contributed by atoms with Crippen LogP contribution in [0.15, 0.2) is 78.9 Å². The lowest BCUT2D eigenvalue weighted by atomic mass is 9.96. The highest BCUT2D eigenvalue weighted by Crippen LogP contribution is 2.39. The first-order valence-electron chi connectivity index (χ1n) is 9.59. The Morgan fingerprint density at radius 2 is 1.66 bits per heavy atom. The molecule has 1 heterocycles. The fraction of sp³-hybridized carbons (Fsp3) is 0.0400. The van der Waals surface area contributed by atoms with Crippen molar-refractivity contribution in [3.05, 3.63) is 106 Å². The molecular formula is C25H16Cl2FNO3. The molecule has 4 rings (SSSR count). The molecule has 0 atom stereocenters. The first-order valence-corrected chi connectivity index (χ1v) is 10.3. The minimum Gasteiger partial charge on any atom is -0.488 e. The highest BCUT2D eigenvalue weighted by Gasteiger charge is 2.16. The molecule has 0 saturated carbocycles. The summed E-state index contributed by atoms with van der Waals surface area (Å²) in [4.78, 5) is 15.6. The normalized spacial score (nSPS) is 10.7. The van der Waals surface area contributed by atoms with E-state index in [0.29, 0.717) is 27.6 Å². The Balaban J connectivity index is 1.78. The number of hydrogen-bond donors (Lipinski definition) is 1. The van der Waals surface area contributed by atoms with Gasteiger partial charge in [-0.05, 0) is 48.0 Å². The van der Waals surface area contributed by atoms with E-state index >= 15 is 0 Å². The van der Waals surface area contributed by atoms with Gasteiger partial charge in [-0.2, -0.15) is 0 Å². The van der Waals surface area contributed by atoms with Crippen molar-refractivity contribution in [2.24, 2.45) is 0 Å². The Hall–Kier alpha value is -3.41. The largest absolute Gasteiger partial charge is 0.488 e. The van der Waals surface area contributed by atoms with Crippen LogP contribution >= 0.6 is 23.2 Å². The molecule has 0 fully saturated rings. The lowest BCUT2D eigenvalue weighted by Gasteiger charge is -2.16. The summed E-state index contributed by atoms with van der Waals surface area (Å²) < 4.78 is 20.1. The summed E-state index contributed by atoms with van der Waals surface area (Å²) >= 11 is 12.4. The number of aromatic carboxylic acids is 1. The Morgan fingerprint density at radius 1 is 0.906 bits per heavy atom. The summed E-state index contributed by atoms with van der Waals surface area (Å²) in [7, 11) is 0. The standard InChI is InChI=1S/C25H16Cl2FNO3/c26-15-11-12-24(32-14-19-20(27)7-3-8-21(19)28)18(13-15)16-5-1-2-6-17(16)22-9-4-10-23(29-22)25(30)31/h1-13H,14H2,(H,30,31). The van der Waals surface area contributed by atoms with Crippen molar-refractivity contribution in [2.75, 3.05) is 0 Å². The molecule has 0 saturated heterocycles. The maximum absolute atomic E-state index is 14.2. The molecule has 32 heavy (non-hydrogen) atoms. The molecule has 4 aromatic rings. The summed E-state index contributed by atoms with van der Waals surface area (Å²) in [6.45, 7) is -0.0743. The molecule has 0 radical (unpaired) electrons. The number of carboxylic acids is 1. The summed E-state index contributed by atoms with van der Waals surface area (Å²) in [5.41, 5.74) is 2.77. The second kappa shape index (κ2) is 9.39. The SMILES string of the molecule is O=C(O)c1cccc(-c2ccccc2-c2cc(Cl)ccc2OCc2c(F)cccc2Cl)n1. The summed E-state index contributed by atoms with van der Waals surface area (Å²) in [6.07, 6.45) is 0. The zero-order valence-electron chi connectivity index (χ0n) is 16.6. The van der Waals surface area contributed by atoms with Crippen LogP contribution < -0.4 is 4.74 Å². The van der Waals surface area contributed by atoms with Gasteiger partial charge in [0.1, 0.15) is 23.9 Å². The third-order valence-corrected chi connectivity index (χ3v) is 5.43. The Kier molecular flexibility index (Phi) is 6.40. The van der Waals surface area contributed by atoms with Gasteiger partial charge < -0.3 is 9.84 Å². The molecule has 4 nitrogen and oxygen atoms in total. The number of benzene rings is 3. The average molecular weight is 468 g/mol. The number of rotatable bonds is 6. The van der Waals surface area contributed by atoms with Crippen molar-refractivity contribution in [2.45, 2.75) is 6.61 Å². The van der Waals surface area contributed by atoms with Crippen LogP contribution in [-0.2, 0) is 6.61 Å². The number of pyridine rings is 1. The van der Waals surface area contributed by atoms with Gasteiger partial charge in [0, 0.05) is 21.7 Å². The van der Waals surface area contributed by atoms with Crippen molar-refractivity contribution in [3.8, 4) is 28.1 Å². The predicted molar refractivity (Wildman–Crippen MR) is 123 cm³/mol. The van der Waals surface area contributed by atoms with Crippen molar-refractivity contribution in [3.63, 3.8) is 0 Å². The molecule has 0 aliphatic rings. The van der Waals surface area contributed by atoms with E-state index in [9.17, 15) is 14.3 Å². The highest BCUT2D eigenvalue weighted by molar-refractivity contribution is 6.31. The van der Waals surface area contributed by atoms with Crippen molar-refractivity contribution >= 4 is 29.2 Å². The topological polar surface area (TPSA) is 59.4 Å². The van der Waals surface area contributed by atoms with Crippen molar-refractivity contribution in [1.82, 2.24) is 4.98 Å². The molecule has 0 bridgehead atoms. The number of carboxylic acid groups (broad SMARTS) is 1. The van der Waals surface area contributed by atoms with Crippen LogP contribution in [0.4, 0.5) is 4.39 Å². The Bertz CT molecular complexity index is 1290. The molecule has 0 aliphatic heterocycles. The van der Waals surface area contributed by atoms with Gasteiger partial charge in [0.25, 0.3) is 0 Å². The predicted octanol–water partition coefficient (Wildman–Crippen LogP) is 7.14. The zero-order chi connectivity index (χ0) is 22.7. The average Bonchev–Trinajstić information content (AvgIpc) is 2.79. The highest BCUT2D eigenvalue weighted by atomic mass is 35.5. The number of ether oxygens (including phenoxy) is 1. The van der Waals surface area contributed by atoms with Crippen LogP contribution in [0, 0.1) is 5.82 Å². The third kappa shape index (κ3) is 4.59. The minimum atomic E-state index is -1.11. The molecule has 1 N–H and O–H groups in total. The van der Waals surface area contributed by atoms with E-state index < -0.39 is 11.8 Å². The molecule has 1 aromatic heterocycles. The number of carbonyl (C=O) groups is 1. The zero-order valence-corrected chi connectivity index (χ0v) is 18.1. The maximum atomic E-state index is 14.2. The van der Waals surface area contributed by atoms with E-state index in [1.165, 1.54) is 18.2 Å². The van der Waals surface area contributed by atoms with Gasteiger partial charge in [0.2, 0.25) is 0 Å². The van der Waals surface area contributed by atoms with Gasteiger partial charge >= 0.3 is 5.97 Å². The van der Waals surface area contributed by atoms with Gasteiger partial charge in [-0.1, -0.05) is 59.6 Å². The number of nitrogens with zero attached hydrogens (tertiary/aromatic N) is 1. The molecular weight excluding hydrogens is 452 g/mol. The van der Waals surface area contributed by atoms with E-state index in [0.717, 1.165) is 5.56 Å². The summed E-state index contributed by atoms with van der Waals surface area (Å²) in [5, 5.41) is 10.1. The van der Waals surface area contributed by atoms with E-state index in [1.807, 2.05) is 24.3 Å². The Morgan fingerprint density at radius 3 is 2.41 bits per heavy atom. The van der Waals surface area contributed by atoms with E-state index in [1.54, 1.807) is 36.4 Å². The minimum absolute atomic E-state index is 0.0611. The molecule has 0 amide bonds. The second-order valence-electron chi connectivity index (χ2n) is 6.89. The fourth-order valence-electron chi connectivity index (χ4n) is 3.30. The number of aromatic nitrogens is 1. The van der Waals surface area contributed by atoms with Crippen LogP contribution in [0.3, 0.4) is 0 Å².